The van der Waals surface area contributed by atoms with Gasteiger partial charge >= 0.3 is 5.69 Å². The number of thiophene rings is 1. The molecule has 3 aromatic heterocycles. The lowest BCUT2D eigenvalue weighted by molar-refractivity contribution is 0.588. The minimum Gasteiger partial charge on any atom is -0.287 e. The van der Waals surface area contributed by atoms with Crippen LogP contribution < -0.4 is 11.2 Å². The largest absolute Gasteiger partial charge is 0.336 e. The molecule has 0 amide bonds. The lowest BCUT2D eigenvalue weighted by Crippen LogP contribution is -2.39. The van der Waals surface area contributed by atoms with Crippen molar-refractivity contribution in [2.75, 3.05) is 0 Å². The average molecular weight is 421 g/mol. The van der Waals surface area contributed by atoms with E-state index < -0.39 is 22.9 Å². The summed E-state index contributed by atoms with van der Waals surface area (Å²) in [6.45, 7) is -0.114. The summed E-state index contributed by atoms with van der Waals surface area (Å²) in [6, 6.07) is 15.1. The van der Waals surface area contributed by atoms with Crippen LogP contribution in [0.3, 0.4) is 0 Å². The number of fused-ring (bicyclic) bond motifs is 3. The molecule has 0 saturated carbocycles. The third-order valence-electron chi connectivity index (χ3n) is 4.91. The van der Waals surface area contributed by atoms with Crippen LogP contribution in [0.4, 0.5) is 8.78 Å². The lowest BCUT2D eigenvalue weighted by atomic mass is 10.2. The number of pyridine rings is 1. The van der Waals surface area contributed by atoms with E-state index in [1.165, 1.54) is 28.8 Å². The Morgan fingerprint density at radius 1 is 0.900 bits per heavy atom. The molecular formula is C22H13F2N3O2S. The van der Waals surface area contributed by atoms with Gasteiger partial charge in [-0.15, -0.1) is 11.3 Å². The molecule has 0 fully saturated rings. The van der Waals surface area contributed by atoms with Crippen molar-refractivity contribution in [2.45, 2.75) is 6.54 Å². The van der Waals surface area contributed by atoms with Gasteiger partial charge in [-0.3, -0.25) is 9.36 Å². The third-order valence-corrected chi connectivity index (χ3v) is 6.00. The number of halogens is 2. The van der Waals surface area contributed by atoms with E-state index in [4.69, 9.17) is 0 Å². The van der Waals surface area contributed by atoms with E-state index in [1.807, 2.05) is 0 Å². The lowest BCUT2D eigenvalue weighted by Gasteiger charge is -2.13. The normalized spacial score (nSPS) is 11.4. The zero-order valence-electron chi connectivity index (χ0n) is 15.4. The van der Waals surface area contributed by atoms with E-state index in [2.05, 4.69) is 4.98 Å². The number of nitrogens with zero attached hydrogens (tertiary/aromatic N) is 3. The second-order valence-corrected chi connectivity index (χ2v) is 7.69. The summed E-state index contributed by atoms with van der Waals surface area (Å²) in [7, 11) is 0. The summed E-state index contributed by atoms with van der Waals surface area (Å²) in [6.07, 6.45) is 1.59. The molecule has 0 aliphatic carbocycles. The van der Waals surface area contributed by atoms with Crippen molar-refractivity contribution in [3.63, 3.8) is 0 Å². The van der Waals surface area contributed by atoms with Gasteiger partial charge in [0.15, 0.2) is 0 Å². The standard InChI is InChI=1S/C22H13F2N3O2S/c23-15-8-2-1-6-13(15)12-26-18-14-7-5-11-25-20(14)30-19(18)21(28)27(22(26)29)17-10-4-3-9-16(17)24/h1-11H,12H2. The summed E-state index contributed by atoms with van der Waals surface area (Å²) in [5.74, 6) is -1.17. The van der Waals surface area contributed by atoms with Gasteiger partial charge in [-0.2, -0.15) is 0 Å². The van der Waals surface area contributed by atoms with Crippen molar-refractivity contribution in [3.8, 4) is 5.69 Å². The van der Waals surface area contributed by atoms with Gasteiger partial charge in [0.05, 0.1) is 17.7 Å². The second kappa shape index (κ2) is 7.00. The Bertz CT molecular complexity index is 1550. The number of hydrogen-bond acceptors (Lipinski definition) is 4. The number of hydrogen-bond donors (Lipinski definition) is 0. The SMILES string of the molecule is O=c1c2sc3ncccc3c2n(Cc2ccccc2F)c(=O)n1-c1ccccc1F. The van der Waals surface area contributed by atoms with Crippen LogP contribution in [-0.4, -0.2) is 14.1 Å². The van der Waals surface area contributed by atoms with Crippen LogP contribution in [-0.2, 0) is 6.54 Å². The van der Waals surface area contributed by atoms with Crippen LogP contribution in [0.25, 0.3) is 26.1 Å². The maximum atomic E-state index is 14.5. The number of aromatic nitrogens is 3. The molecule has 0 atom stereocenters. The molecule has 0 radical (unpaired) electrons. The van der Waals surface area contributed by atoms with E-state index in [1.54, 1.807) is 42.6 Å². The Labute approximate surface area is 172 Å². The Morgan fingerprint density at radius 3 is 2.40 bits per heavy atom. The van der Waals surface area contributed by atoms with Crippen LogP contribution in [0.2, 0.25) is 0 Å². The van der Waals surface area contributed by atoms with Crippen LogP contribution in [0.5, 0.6) is 0 Å². The van der Waals surface area contributed by atoms with E-state index in [9.17, 15) is 18.4 Å². The molecule has 8 heteroatoms. The molecule has 148 valence electrons. The van der Waals surface area contributed by atoms with Gasteiger partial charge in [0.25, 0.3) is 5.56 Å². The Balaban J connectivity index is 1.93. The predicted molar refractivity (Wildman–Crippen MR) is 112 cm³/mol. The van der Waals surface area contributed by atoms with Gasteiger partial charge in [-0.05, 0) is 30.3 Å². The molecule has 0 bridgehead atoms. The number of rotatable bonds is 3. The summed E-state index contributed by atoms with van der Waals surface area (Å²) >= 11 is 1.12. The minimum absolute atomic E-state index is 0.114. The smallest absolute Gasteiger partial charge is 0.287 e. The van der Waals surface area contributed by atoms with Gasteiger partial charge in [0, 0.05) is 17.1 Å². The Morgan fingerprint density at radius 2 is 1.63 bits per heavy atom. The van der Waals surface area contributed by atoms with Crippen molar-refractivity contribution in [3.05, 3.63) is 105 Å². The quantitative estimate of drug-likeness (QED) is 0.441. The maximum absolute atomic E-state index is 14.5. The van der Waals surface area contributed by atoms with Crippen LogP contribution in [0, 0.1) is 11.6 Å². The molecule has 2 aromatic carbocycles. The molecule has 0 aliphatic heterocycles. The highest BCUT2D eigenvalue weighted by Crippen LogP contribution is 2.30. The highest BCUT2D eigenvalue weighted by Gasteiger charge is 2.21. The molecule has 0 spiro atoms. The average Bonchev–Trinajstić information content (AvgIpc) is 3.14. The number of benzene rings is 2. The number of para-hydroxylation sites is 1. The Kier molecular flexibility index (Phi) is 4.29. The second-order valence-electron chi connectivity index (χ2n) is 6.69. The highest BCUT2D eigenvalue weighted by atomic mass is 32.1. The van der Waals surface area contributed by atoms with Crippen molar-refractivity contribution in [1.82, 2.24) is 14.1 Å². The fourth-order valence-electron chi connectivity index (χ4n) is 3.53. The van der Waals surface area contributed by atoms with Crippen molar-refractivity contribution in [2.24, 2.45) is 0 Å². The molecule has 3 heterocycles. The van der Waals surface area contributed by atoms with Crippen LogP contribution in [0.1, 0.15) is 5.56 Å². The monoisotopic (exact) mass is 421 g/mol. The third kappa shape index (κ3) is 2.76. The first-order valence-electron chi connectivity index (χ1n) is 9.07. The fraction of sp³-hybridized carbons (Fsp3) is 0.0455. The predicted octanol–water partition coefficient (Wildman–Crippen LogP) is 4.09. The molecule has 5 nitrogen and oxygen atoms in total. The molecular weight excluding hydrogens is 408 g/mol. The molecule has 0 unspecified atom stereocenters. The summed E-state index contributed by atoms with van der Waals surface area (Å²) < 4.78 is 31.2. The molecule has 0 N–H and O–H groups in total. The van der Waals surface area contributed by atoms with Crippen LogP contribution in [0.15, 0.2) is 76.4 Å². The van der Waals surface area contributed by atoms with Crippen LogP contribution >= 0.6 is 11.3 Å². The molecule has 5 rings (SSSR count). The zero-order chi connectivity index (χ0) is 20.8. The molecule has 5 aromatic rings. The fourth-order valence-corrected chi connectivity index (χ4v) is 4.60. The van der Waals surface area contributed by atoms with Gasteiger partial charge in [0.1, 0.15) is 21.2 Å². The van der Waals surface area contributed by atoms with E-state index in [0.29, 0.717) is 15.7 Å². The van der Waals surface area contributed by atoms with Gasteiger partial charge in [0.2, 0.25) is 0 Å². The first kappa shape index (κ1) is 18.4. The van der Waals surface area contributed by atoms with Gasteiger partial charge < -0.3 is 0 Å². The maximum Gasteiger partial charge on any atom is 0.336 e. The molecule has 0 saturated heterocycles. The van der Waals surface area contributed by atoms with Gasteiger partial charge in [-0.1, -0.05) is 30.3 Å². The van der Waals surface area contributed by atoms with Crippen molar-refractivity contribution >= 4 is 31.8 Å². The van der Waals surface area contributed by atoms with Gasteiger partial charge in [-0.25, -0.2) is 23.1 Å². The minimum atomic E-state index is -0.746. The summed E-state index contributed by atoms with van der Waals surface area (Å²) in [5.41, 5.74) is -0.879. The van der Waals surface area contributed by atoms with Crippen molar-refractivity contribution in [1.29, 1.82) is 0 Å². The van der Waals surface area contributed by atoms with E-state index >= 15 is 0 Å². The summed E-state index contributed by atoms with van der Waals surface area (Å²) in [4.78, 5) is 31.5. The Hall–Kier alpha value is -3.65. The molecule has 30 heavy (non-hydrogen) atoms. The topological polar surface area (TPSA) is 56.9 Å². The summed E-state index contributed by atoms with van der Waals surface area (Å²) in [5, 5.41) is 0.615. The molecule has 0 aliphatic rings. The highest BCUT2D eigenvalue weighted by molar-refractivity contribution is 7.25. The van der Waals surface area contributed by atoms with Crippen molar-refractivity contribution < 1.29 is 8.78 Å². The zero-order valence-corrected chi connectivity index (χ0v) is 16.2. The van der Waals surface area contributed by atoms with E-state index in [-0.39, 0.29) is 22.5 Å². The first-order valence-corrected chi connectivity index (χ1v) is 9.89. The van der Waals surface area contributed by atoms with E-state index in [0.717, 1.165) is 15.9 Å². The first-order chi connectivity index (χ1) is 14.6.